The summed E-state index contributed by atoms with van der Waals surface area (Å²) in [4.78, 5) is 22.2. The molecule has 6 nitrogen and oxygen atoms in total. The summed E-state index contributed by atoms with van der Waals surface area (Å²) in [6, 6.07) is -0.434. The summed E-state index contributed by atoms with van der Waals surface area (Å²) in [5, 5.41) is 6.53. The minimum absolute atomic E-state index is 0.219. The first-order valence-electron chi connectivity index (χ1n) is 4.78. The molecule has 1 aliphatic rings. The predicted molar refractivity (Wildman–Crippen MR) is 51.4 cm³/mol. The molecular formula is C8H16N4O2. The molecule has 0 aromatic carbocycles. The second-order valence-corrected chi connectivity index (χ2v) is 3.09. The number of urea groups is 1. The van der Waals surface area contributed by atoms with Crippen LogP contribution in [0.4, 0.5) is 4.79 Å². The minimum Gasteiger partial charge on any atom is -0.338 e. The number of imide groups is 1. The Kier molecular flexibility index (Phi) is 4.34. The summed E-state index contributed by atoms with van der Waals surface area (Å²) < 4.78 is 0. The number of hydrogen-bond donors (Lipinski definition) is 3. The highest BCUT2D eigenvalue weighted by molar-refractivity contribution is 5.95. The maximum Gasteiger partial charge on any atom is 0.321 e. The molecule has 0 unspecified atom stereocenters. The van der Waals surface area contributed by atoms with Crippen molar-refractivity contribution >= 4 is 11.9 Å². The quantitative estimate of drug-likeness (QED) is 0.549. The third-order valence-electron chi connectivity index (χ3n) is 1.86. The van der Waals surface area contributed by atoms with Gasteiger partial charge in [0, 0.05) is 19.6 Å². The van der Waals surface area contributed by atoms with Gasteiger partial charge in [-0.25, -0.2) is 9.80 Å². The lowest BCUT2D eigenvalue weighted by atomic mass is 10.4. The molecule has 0 aromatic rings. The number of carbonyl (C=O) groups excluding carboxylic acids is 2. The van der Waals surface area contributed by atoms with E-state index in [1.807, 2.05) is 0 Å². The zero-order valence-electron chi connectivity index (χ0n) is 8.30. The first-order chi connectivity index (χ1) is 6.72. The molecule has 14 heavy (non-hydrogen) atoms. The lowest BCUT2D eigenvalue weighted by Crippen LogP contribution is -2.46. The minimum atomic E-state index is -0.434. The fourth-order valence-corrected chi connectivity index (χ4v) is 1.27. The van der Waals surface area contributed by atoms with Crippen LogP contribution in [0.5, 0.6) is 0 Å². The number of rotatable bonds is 3. The Labute approximate surface area is 83.0 Å². The molecule has 1 aliphatic heterocycles. The lowest BCUT2D eigenvalue weighted by molar-refractivity contribution is -0.121. The second kappa shape index (κ2) is 5.56. The fourth-order valence-electron chi connectivity index (χ4n) is 1.27. The highest BCUT2D eigenvalue weighted by atomic mass is 16.2. The van der Waals surface area contributed by atoms with Crippen LogP contribution < -0.4 is 16.1 Å². The van der Waals surface area contributed by atoms with E-state index in [2.05, 4.69) is 16.1 Å². The van der Waals surface area contributed by atoms with Crippen molar-refractivity contribution in [2.75, 3.05) is 26.2 Å². The Balaban J connectivity index is 2.17. The lowest BCUT2D eigenvalue weighted by Gasteiger charge is -2.13. The van der Waals surface area contributed by atoms with Gasteiger partial charge < -0.3 is 5.32 Å². The second-order valence-electron chi connectivity index (χ2n) is 3.09. The molecule has 80 valence electrons. The monoisotopic (exact) mass is 200 g/mol. The molecular weight excluding hydrogens is 184 g/mol. The molecule has 0 aliphatic carbocycles. The molecule has 0 bridgehead atoms. The summed E-state index contributed by atoms with van der Waals surface area (Å²) in [6.45, 7) is 4.28. The third-order valence-corrected chi connectivity index (χ3v) is 1.86. The van der Waals surface area contributed by atoms with Crippen molar-refractivity contribution < 1.29 is 9.59 Å². The van der Waals surface area contributed by atoms with E-state index in [-0.39, 0.29) is 12.5 Å². The van der Waals surface area contributed by atoms with Gasteiger partial charge in [0.2, 0.25) is 5.91 Å². The van der Waals surface area contributed by atoms with Crippen LogP contribution in [0.2, 0.25) is 0 Å². The molecule has 1 saturated heterocycles. The van der Waals surface area contributed by atoms with Gasteiger partial charge in [0.15, 0.2) is 0 Å². The van der Waals surface area contributed by atoms with E-state index >= 15 is 0 Å². The molecule has 0 saturated carbocycles. The SMILES string of the molecule is CCNC(=O)NC(=O)CN1CCCN1. The van der Waals surface area contributed by atoms with Gasteiger partial charge in [-0.3, -0.25) is 15.5 Å². The van der Waals surface area contributed by atoms with E-state index in [1.165, 1.54) is 0 Å². The van der Waals surface area contributed by atoms with Crippen LogP contribution in [0.15, 0.2) is 0 Å². The molecule has 0 radical (unpaired) electrons. The first-order valence-corrected chi connectivity index (χ1v) is 4.78. The standard InChI is InChI=1S/C8H16N4O2/c1-2-9-8(14)11-7(13)6-12-5-3-4-10-12/h10H,2-6H2,1H3,(H2,9,11,13,14). The van der Waals surface area contributed by atoms with E-state index in [0.717, 1.165) is 19.5 Å². The summed E-state index contributed by atoms with van der Waals surface area (Å²) in [7, 11) is 0. The van der Waals surface area contributed by atoms with Gasteiger partial charge in [0.05, 0.1) is 6.54 Å². The maximum absolute atomic E-state index is 11.2. The Morgan fingerprint density at radius 1 is 1.50 bits per heavy atom. The van der Waals surface area contributed by atoms with Crippen LogP contribution in [-0.4, -0.2) is 43.1 Å². The van der Waals surface area contributed by atoms with E-state index in [0.29, 0.717) is 6.54 Å². The number of carbonyl (C=O) groups is 2. The van der Waals surface area contributed by atoms with Gasteiger partial charge in [-0.05, 0) is 13.3 Å². The Bertz CT molecular complexity index is 213. The van der Waals surface area contributed by atoms with Crippen LogP contribution in [-0.2, 0) is 4.79 Å². The van der Waals surface area contributed by atoms with Gasteiger partial charge in [-0.1, -0.05) is 0 Å². The predicted octanol–water partition coefficient (Wildman–Crippen LogP) is -0.958. The van der Waals surface area contributed by atoms with E-state index in [4.69, 9.17) is 0 Å². The molecule has 1 heterocycles. The van der Waals surface area contributed by atoms with Crippen LogP contribution in [0.1, 0.15) is 13.3 Å². The fraction of sp³-hybridized carbons (Fsp3) is 0.750. The molecule has 1 rings (SSSR count). The van der Waals surface area contributed by atoms with E-state index in [1.54, 1.807) is 11.9 Å². The first kappa shape index (κ1) is 10.9. The van der Waals surface area contributed by atoms with E-state index in [9.17, 15) is 9.59 Å². The largest absolute Gasteiger partial charge is 0.338 e. The summed E-state index contributed by atoms with van der Waals surface area (Å²) in [6.07, 6.45) is 1.04. The third kappa shape index (κ3) is 3.71. The topological polar surface area (TPSA) is 73.5 Å². The van der Waals surface area contributed by atoms with Crippen molar-refractivity contribution in [2.24, 2.45) is 0 Å². The zero-order chi connectivity index (χ0) is 10.4. The Morgan fingerprint density at radius 2 is 2.29 bits per heavy atom. The highest BCUT2D eigenvalue weighted by Gasteiger charge is 2.15. The summed E-state index contributed by atoms with van der Waals surface area (Å²) in [5.74, 6) is -0.287. The van der Waals surface area contributed by atoms with Crippen LogP contribution in [0, 0.1) is 0 Å². The van der Waals surface area contributed by atoms with Crippen molar-refractivity contribution in [3.63, 3.8) is 0 Å². The number of hydrazine groups is 1. The smallest absolute Gasteiger partial charge is 0.321 e. The van der Waals surface area contributed by atoms with Crippen molar-refractivity contribution in [1.82, 2.24) is 21.1 Å². The van der Waals surface area contributed by atoms with Gasteiger partial charge in [-0.15, -0.1) is 0 Å². The van der Waals surface area contributed by atoms with Gasteiger partial charge in [0.1, 0.15) is 0 Å². The average molecular weight is 200 g/mol. The van der Waals surface area contributed by atoms with Crippen molar-refractivity contribution in [3.05, 3.63) is 0 Å². The molecule has 3 N–H and O–H groups in total. The van der Waals surface area contributed by atoms with E-state index < -0.39 is 6.03 Å². The molecule has 0 atom stereocenters. The van der Waals surface area contributed by atoms with Crippen molar-refractivity contribution in [1.29, 1.82) is 0 Å². The molecule has 0 aromatic heterocycles. The van der Waals surface area contributed by atoms with Gasteiger partial charge in [0.25, 0.3) is 0 Å². The van der Waals surface area contributed by atoms with Crippen molar-refractivity contribution in [3.8, 4) is 0 Å². The summed E-state index contributed by atoms with van der Waals surface area (Å²) in [5.41, 5.74) is 3.03. The van der Waals surface area contributed by atoms with Crippen LogP contribution in [0.3, 0.4) is 0 Å². The Morgan fingerprint density at radius 3 is 2.86 bits per heavy atom. The zero-order valence-corrected chi connectivity index (χ0v) is 8.30. The van der Waals surface area contributed by atoms with Crippen molar-refractivity contribution in [2.45, 2.75) is 13.3 Å². The number of nitrogens with zero attached hydrogens (tertiary/aromatic N) is 1. The number of hydrogen-bond acceptors (Lipinski definition) is 4. The number of nitrogens with one attached hydrogen (secondary N) is 3. The normalized spacial score (nSPS) is 16.6. The molecule has 3 amide bonds. The van der Waals surface area contributed by atoms with Gasteiger partial charge in [-0.2, -0.15) is 0 Å². The maximum atomic E-state index is 11.2. The number of amides is 3. The molecule has 6 heteroatoms. The average Bonchev–Trinajstić information content (AvgIpc) is 2.56. The summed E-state index contributed by atoms with van der Waals surface area (Å²) >= 11 is 0. The molecule has 0 spiro atoms. The highest BCUT2D eigenvalue weighted by Crippen LogP contribution is 1.94. The van der Waals surface area contributed by atoms with Crippen LogP contribution in [0.25, 0.3) is 0 Å². The van der Waals surface area contributed by atoms with Gasteiger partial charge >= 0.3 is 6.03 Å². The Hall–Kier alpha value is -1.14. The van der Waals surface area contributed by atoms with Crippen LogP contribution >= 0.6 is 0 Å². The molecule has 1 fully saturated rings.